The SMILES string of the molecule is Cc1ccc(C(=O)CCC(=O)OCc2cc(=O)n3cc(C)ccc3n2)cc1. The molecule has 3 rings (SSSR count). The second-order valence-corrected chi connectivity index (χ2v) is 6.47. The highest BCUT2D eigenvalue weighted by Crippen LogP contribution is 2.09. The summed E-state index contributed by atoms with van der Waals surface area (Å²) in [6.45, 7) is 3.73. The van der Waals surface area contributed by atoms with E-state index in [1.54, 1.807) is 24.4 Å². The zero-order valence-corrected chi connectivity index (χ0v) is 15.3. The number of aromatic nitrogens is 2. The van der Waals surface area contributed by atoms with Gasteiger partial charge >= 0.3 is 5.97 Å². The fourth-order valence-corrected chi connectivity index (χ4v) is 2.66. The molecule has 0 aliphatic heterocycles. The minimum Gasteiger partial charge on any atom is -0.459 e. The van der Waals surface area contributed by atoms with E-state index in [1.807, 2.05) is 32.0 Å². The lowest BCUT2D eigenvalue weighted by Crippen LogP contribution is -2.17. The van der Waals surface area contributed by atoms with E-state index in [1.165, 1.54) is 10.5 Å². The summed E-state index contributed by atoms with van der Waals surface area (Å²) in [5.74, 6) is -0.606. The van der Waals surface area contributed by atoms with Gasteiger partial charge in [0.15, 0.2) is 5.78 Å². The molecule has 0 aliphatic rings. The van der Waals surface area contributed by atoms with Gasteiger partial charge in [0.1, 0.15) is 12.3 Å². The van der Waals surface area contributed by atoms with Crippen LogP contribution < -0.4 is 5.56 Å². The summed E-state index contributed by atoms with van der Waals surface area (Å²) in [6.07, 6.45) is 1.77. The van der Waals surface area contributed by atoms with Crippen molar-refractivity contribution >= 4 is 17.4 Å². The standard InChI is InChI=1S/C21H20N2O4/c1-14-3-6-16(7-4-14)18(24)8-10-21(26)27-13-17-11-20(25)23-12-15(2)5-9-19(23)22-17/h3-7,9,11-12H,8,10,13H2,1-2H3. The molecular formula is C21H20N2O4. The van der Waals surface area contributed by atoms with Crippen LogP contribution in [-0.4, -0.2) is 21.1 Å². The number of rotatable bonds is 6. The van der Waals surface area contributed by atoms with Gasteiger partial charge in [-0.25, -0.2) is 4.98 Å². The number of pyridine rings is 1. The summed E-state index contributed by atoms with van der Waals surface area (Å²) in [6, 6.07) is 12.1. The van der Waals surface area contributed by atoms with Crippen molar-refractivity contribution in [3.8, 4) is 0 Å². The first-order valence-corrected chi connectivity index (χ1v) is 8.67. The summed E-state index contributed by atoms with van der Waals surface area (Å²) in [4.78, 5) is 40.5. The largest absolute Gasteiger partial charge is 0.459 e. The molecule has 0 unspecified atom stereocenters. The van der Waals surface area contributed by atoms with E-state index in [4.69, 9.17) is 4.74 Å². The molecule has 6 heteroatoms. The maximum absolute atomic E-state index is 12.1. The summed E-state index contributed by atoms with van der Waals surface area (Å²) in [7, 11) is 0. The average Bonchev–Trinajstić information content (AvgIpc) is 2.65. The van der Waals surface area contributed by atoms with E-state index in [0.29, 0.717) is 16.9 Å². The molecule has 3 aromatic rings. The minimum absolute atomic E-state index is 0.0154. The molecule has 0 radical (unpaired) electrons. The smallest absolute Gasteiger partial charge is 0.306 e. The molecule has 6 nitrogen and oxygen atoms in total. The van der Waals surface area contributed by atoms with Crippen LogP contribution in [0, 0.1) is 13.8 Å². The van der Waals surface area contributed by atoms with Crippen molar-refractivity contribution in [2.24, 2.45) is 0 Å². The first kappa shape index (κ1) is 18.5. The van der Waals surface area contributed by atoms with Gasteiger partial charge in [-0.1, -0.05) is 35.9 Å². The Balaban J connectivity index is 1.57. The fourth-order valence-electron chi connectivity index (χ4n) is 2.66. The van der Waals surface area contributed by atoms with Crippen LogP contribution in [0.1, 0.15) is 40.0 Å². The number of hydrogen-bond acceptors (Lipinski definition) is 5. The van der Waals surface area contributed by atoms with Gasteiger partial charge in [-0.15, -0.1) is 0 Å². The minimum atomic E-state index is -0.499. The first-order chi connectivity index (χ1) is 12.9. The Morgan fingerprint density at radius 1 is 1.00 bits per heavy atom. The van der Waals surface area contributed by atoms with Crippen molar-refractivity contribution in [2.45, 2.75) is 33.3 Å². The Hall–Kier alpha value is -3.28. The quantitative estimate of drug-likeness (QED) is 0.496. The molecule has 0 spiro atoms. The van der Waals surface area contributed by atoms with Gasteiger partial charge in [-0.2, -0.15) is 0 Å². The molecule has 0 atom stereocenters. The van der Waals surface area contributed by atoms with Crippen molar-refractivity contribution in [2.75, 3.05) is 0 Å². The van der Waals surface area contributed by atoms with Crippen LogP contribution in [0.5, 0.6) is 0 Å². The van der Waals surface area contributed by atoms with Crippen molar-refractivity contribution in [3.63, 3.8) is 0 Å². The molecule has 0 amide bonds. The Kier molecular flexibility index (Phi) is 5.45. The Labute approximate surface area is 156 Å². The van der Waals surface area contributed by atoms with Gasteiger partial charge in [-0.3, -0.25) is 18.8 Å². The number of carbonyl (C=O) groups excluding carboxylic acids is 2. The van der Waals surface area contributed by atoms with Crippen LogP contribution in [0.3, 0.4) is 0 Å². The lowest BCUT2D eigenvalue weighted by molar-refractivity contribution is -0.145. The van der Waals surface area contributed by atoms with Crippen LogP contribution in [-0.2, 0) is 16.1 Å². The van der Waals surface area contributed by atoms with Gasteiger partial charge in [0.25, 0.3) is 5.56 Å². The van der Waals surface area contributed by atoms with Gasteiger partial charge in [0.2, 0.25) is 0 Å². The van der Waals surface area contributed by atoms with Crippen LogP contribution >= 0.6 is 0 Å². The first-order valence-electron chi connectivity index (χ1n) is 8.67. The zero-order chi connectivity index (χ0) is 19.4. The molecule has 27 heavy (non-hydrogen) atoms. The van der Waals surface area contributed by atoms with E-state index in [9.17, 15) is 14.4 Å². The number of aryl methyl sites for hydroxylation is 2. The van der Waals surface area contributed by atoms with E-state index in [0.717, 1.165) is 11.1 Å². The van der Waals surface area contributed by atoms with Crippen molar-refractivity contribution in [1.29, 1.82) is 0 Å². The van der Waals surface area contributed by atoms with Crippen LogP contribution in [0.15, 0.2) is 53.5 Å². The maximum Gasteiger partial charge on any atom is 0.306 e. The third-order valence-corrected chi connectivity index (χ3v) is 4.17. The Morgan fingerprint density at radius 3 is 2.44 bits per heavy atom. The van der Waals surface area contributed by atoms with Gasteiger partial charge in [0, 0.05) is 24.2 Å². The second kappa shape index (κ2) is 7.95. The summed E-state index contributed by atoms with van der Waals surface area (Å²) in [5.41, 5.74) is 3.23. The second-order valence-electron chi connectivity index (χ2n) is 6.47. The summed E-state index contributed by atoms with van der Waals surface area (Å²) < 4.78 is 6.60. The number of ketones is 1. The van der Waals surface area contributed by atoms with E-state index in [-0.39, 0.29) is 30.8 Å². The number of carbonyl (C=O) groups is 2. The highest BCUT2D eigenvalue weighted by molar-refractivity contribution is 5.97. The van der Waals surface area contributed by atoms with Crippen molar-refractivity contribution in [1.82, 2.24) is 9.38 Å². The van der Waals surface area contributed by atoms with Crippen LogP contribution in [0.4, 0.5) is 0 Å². The molecular weight excluding hydrogens is 344 g/mol. The molecule has 0 aliphatic carbocycles. The lowest BCUT2D eigenvalue weighted by Gasteiger charge is -2.07. The Morgan fingerprint density at radius 2 is 1.70 bits per heavy atom. The average molecular weight is 364 g/mol. The molecule has 0 saturated heterocycles. The van der Waals surface area contributed by atoms with E-state index in [2.05, 4.69) is 4.98 Å². The zero-order valence-electron chi connectivity index (χ0n) is 15.3. The number of benzene rings is 1. The molecule has 0 N–H and O–H groups in total. The molecule has 0 fully saturated rings. The van der Waals surface area contributed by atoms with Gasteiger partial charge in [-0.05, 0) is 25.5 Å². The molecule has 1 aromatic carbocycles. The topological polar surface area (TPSA) is 77.7 Å². The third kappa shape index (κ3) is 4.67. The predicted octanol–water partition coefficient (Wildman–Crippen LogP) is 3.02. The van der Waals surface area contributed by atoms with Crippen LogP contribution in [0.2, 0.25) is 0 Å². The fraction of sp³-hybridized carbons (Fsp3) is 0.238. The molecule has 0 saturated carbocycles. The third-order valence-electron chi connectivity index (χ3n) is 4.17. The summed E-state index contributed by atoms with van der Waals surface area (Å²) in [5, 5.41) is 0. The number of nitrogens with zero attached hydrogens (tertiary/aromatic N) is 2. The number of fused-ring (bicyclic) bond motifs is 1. The maximum atomic E-state index is 12.1. The molecule has 2 heterocycles. The molecule has 0 bridgehead atoms. The van der Waals surface area contributed by atoms with Crippen molar-refractivity contribution in [3.05, 3.63) is 81.4 Å². The number of hydrogen-bond donors (Lipinski definition) is 0. The summed E-state index contributed by atoms with van der Waals surface area (Å²) >= 11 is 0. The Bertz CT molecular complexity index is 1050. The van der Waals surface area contributed by atoms with E-state index < -0.39 is 5.97 Å². The predicted molar refractivity (Wildman–Crippen MR) is 101 cm³/mol. The monoisotopic (exact) mass is 364 g/mol. The number of Topliss-reactive ketones (excluding diaryl/α,β-unsaturated/α-hetero) is 1. The lowest BCUT2D eigenvalue weighted by atomic mass is 10.1. The van der Waals surface area contributed by atoms with Gasteiger partial charge in [0.05, 0.1) is 12.1 Å². The van der Waals surface area contributed by atoms with E-state index >= 15 is 0 Å². The number of esters is 1. The van der Waals surface area contributed by atoms with Crippen molar-refractivity contribution < 1.29 is 14.3 Å². The molecule has 138 valence electrons. The number of ether oxygens (including phenoxy) is 1. The highest BCUT2D eigenvalue weighted by Gasteiger charge is 2.11. The van der Waals surface area contributed by atoms with Gasteiger partial charge < -0.3 is 4.74 Å². The normalized spacial score (nSPS) is 10.7. The highest BCUT2D eigenvalue weighted by atomic mass is 16.5. The molecule has 2 aromatic heterocycles. The van der Waals surface area contributed by atoms with Crippen LogP contribution in [0.25, 0.3) is 5.65 Å².